The van der Waals surface area contributed by atoms with Gasteiger partial charge in [0.15, 0.2) is 0 Å². The highest BCUT2D eigenvalue weighted by Crippen LogP contribution is 2.56. The van der Waals surface area contributed by atoms with E-state index in [0.717, 1.165) is 71.3 Å². The molecule has 6 aromatic carbocycles. The van der Waals surface area contributed by atoms with Gasteiger partial charge in [-0.05, 0) is 95.1 Å². The Labute approximate surface area is 297 Å². The molecule has 0 radical (unpaired) electrons. The highest BCUT2D eigenvalue weighted by Gasteiger charge is 2.72. The molecule has 0 amide bonds. The van der Waals surface area contributed by atoms with E-state index in [4.69, 9.17) is 0 Å². The first-order valence-electron chi connectivity index (χ1n) is 14.9. The molecule has 2 nitrogen and oxygen atoms in total. The van der Waals surface area contributed by atoms with Crippen molar-refractivity contribution in [2.24, 2.45) is 0 Å². The third-order valence-corrected chi connectivity index (χ3v) is 8.69. The van der Waals surface area contributed by atoms with Gasteiger partial charge in [-0.3, -0.25) is 0 Å². The fourth-order valence-electron chi connectivity index (χ4n) is 5.25. The summed E-state index contributed by atoms with van der Waals surface area (Å²) in [5.74, 6) is 0. The van der Waals surface area contributed by atoms with Gasteiger partial charge >= 0.3 is 12.4 Å². The molecule has 0 spiro atoms. The number of para-hydroxylation sites is 2. The van der Waals surface area contributed by atoms with Crippen LogP contribution in [0.25, 0.3) is 11.1 Å². The molecule has 10 heteroatoms. The third kappa shape index (κ3) is 8.55. The second-order valence-electron chi connectivity index (χ2n) is 10.9. The molecule has 0 saturated carbocycles. The van der Waals surface area contributed by atoms with E-state index in [9.17, 15) is 26.3 Å². The van der Waals surface area contributed by atoms with E-state index in [1.54, 1.807) is 0 Å². The Morgan fingerprint density at radius 3 is 0.918 bits per heavy atom. The number of anilines is 4. The average Bonchev–Trinajstić information content (AvgIpc) is 3.08. The lowest BCUT2D eigenvalue weighted by molar-refractivity contribution is -0.288. The summed E-state index contributed by atoms with van der Waals surface area (Å²) in [6, 6.07) is 45.3. The third-order valence-electron chi connectivity index (χ3n) is 7.63. The molecular weight excluding hydrogens is 770 g/mol. The molecule has 0 unspecified atom stereocenters. The van der Waals surface area contributed by atoms with Crippen LogP contribution in [0, 0.1) is 0 Å². The molecule has 0 saturated heterocycles. The van der Waals surface area contributed by atoms with Crippen LogP contribution in [0.15, 0.2) is 167 Å². The summed E-state index contributed by atoms with van der Waals surface area (Å²) in [5.41, 5.74) is 0.898. The normalized spacial score (nSPS) is 11.7. The van der Waals surface area contributed by atoms with E-state index in [2.05, 4.69) is 115 Å². The lowest BCUT2D eigenvalue weighted by Crippen LogP contribution is -2.54. The first-order chi connectivity index (χ1) is 23.4. The number of benzene rings is 6. The summed E-state index contributed by atoms with van der Waals surface area (Å²) in [4.78, 5) is 0. The van der Waals surface area contributed by atoms with Gasteiger partial charge in [-0.2, -0.15) is 26.3 Å². The summed E-state index contributed by atoms with van der Waals surface area (Å²) < 4.78 is 83.0. The fraction of sp³-hybridized carbons (Fsp3) is 0.0769. The summed E-state index contributed by atoms with van der Waals surface area (Å²) in [7, 11) is 0. The Hall–Kier alpha value is -4.54. The molecule has 0 heterocycles. The van der Waals surface area contributed by atoms with Crippen LogP contribution in [0.2, 0.25) is 0 Å². The van der Waals surface area contributed by atoms with Crippen molar-refractivity contribution in [1.82, 2.24) is 0 Å². The van der Waals surface area contributed by atoms with E-state index < -0.39 is 28.9 Å². The first kappa shape index (κ1) is 35.8. The van der Waals surface area contributed by atoms with E-state index in [0.29, 0.717) is 8.95 Å². The van der Waals surface area contributed by atoms with Gasteiger partial charge < -0.3 is 10.6 Å². The SMILES string of the molecule is FC(F)(F)C(c1ccc(Br)cc1)(c1ccc(Br)cc1)C(F)(F)F.c1ccc(Nc2ccc(-c3ccc(Nc4ccccc4)cc3)cc2)cc1. The van der Waals surface area contributed by atoms with Crippen LogP contribution in [0.1, 0.15) is 11.1 Å². The van der Waals surface area contributed by atoms with Crippen molar-refractivity contribution in [2.45, 2.75) is 17.8 Å². The van der Waals surface area contributed by atoms with Crippen molar-refractivity contribution in [3.63, 3.8) is 0 Å². The Kier molecular flexibility index (Phi) is 11.2. The zero-order valence-electron chi connectivity index (χ0n) is 25.5. The Morgan fingerprint density at radius 1 is 0.347 bits per heavy atom. The van der Waals surface area contributed by atoms with Gasteiger partial charge in [0.25, 0.3) is 0 Å². The van der Waals surface area contributed by atoms with E-state index in [-0.39, 0.29) is 0 Å². The summed E-state index contributed by atoms with van der Waals surface area (Å²) in [5, 5.41) is 6.82. The van der Waals surface area contributed by atoms with Crippen molar-refractivity contribution in [1.29, 1.82) is 0 Å². The van der Waals surface area contributed by atoms with Crippen LogP contribution < -0.4 is 10.6 Å². The van der Waals surface area contributed by atoms with Gasteiger partial charge in [-0.1, -0.05) is 117 Å². The Morgan fingerprint density at radius 2 is 0.633 bits per heavy atom. The minimum Gasteiger partial charge on any atom is -0.356 e. The smallest absolute Gasteiger partial charge is 0.356 e. The molecule has 0 aliphatic rings. The molecule has 6 rings (SSSR count). The van der Waals surface area contributed by atoms with Crippen LogP contribution in [0.5, 0.6) is 0 Å². The lowest BCUT2D eigenvalue weighted by Gasteiger charge is -2.38. The summed E-state index contributed by atoms with van der Waals surface area (Å²) >= 11 is 6.02. The van der Waals surface area contributed by atoms with Crippen LogP contribution in [-0.2, 0) is 5.41 Å². The number of halogens is 8. The molecule has 2 N–H and O–H groups in total. The molecule has 0 aliphatic carbocycles. The zero-order valence-corrected chi connectivity index (χ0v) is 28.7. The van der Waals surface area contributed by atoms with E-state index in [1.807, 2.05) is 36.4 Å². The molecular formula is C39H28Br2F6N2. The maximum absolute atomic E-state index is 13.7. The van der Waals surface area contributed by atoms with Gasteiger partial charge in [-0.25, -0.2) is 0 Å². The zero-order chi connectivity index (χ0) is 35.1. The van der Waals surface area contributed by atoms with Gasteiger partial charge in [0.2, 0.25) is 5.41 Å². The monoisotopic (exact) mass is 796 g/mol. The highest BCUT2D eigenvalue weighted by molar-refractivity contribution is 9.10. The molecule has 0 fully saturated rings. The van der Waals surface area contributed by atoms with Gasteiger partial charge in [0, 0.05) is 31.7 Å². The lowest BCUT2D eigenvalue weighted by atomic mass is 9.73. The van der Waals surface area contributed by atoms with Crippen molar-refractivity contribution < 1.29 is 26.3 Å². The predicted octanol–water partition coefficient (Wildman–Crippen LogP) is 13.5. The minimum atomic E-state index is -5.56. The largest absolute Gasteiger partial charge is 0.411 e. The molecule has 0 bridgehead atoms. The molecule has 0 aliphatic heterocycles. The molecule has 0 aromatic heterocycles. The minimum absolute atomic E-state index is 0.385. The van der Waals surface area contributed by atoms with Gasteiger partial charge in [0.05, 0.1) is 0 Å². The van der Waals surface area contributed by atoms with Crippen LogP contribution in [0.3, 0.4) is 0 Å². The highest BCUT2D eigenvalue weighted by atomic mass is 79.9. The van der Waals surface area contributed by atoms with Crippen LogP contribution in [-0.4, -0.2) is 12.4 Å². The quantitative estimate of drug-likeness (QED) is 0.157. The standard InChI is InChI=1S/C24H20N2.C15H8Br2F6/c1-3-7-21(8-4-1)25-23-15-11-19(12-16-23)20-13-17-24(18-14-20)26-22-9-5-2-6-10-22;16-11-5-1-9(2-6-11)13(14(18,19)20,15(21,22)23)10-3-7-12(17)8-4-10/h1-18,25-26H;1-8H. The molecule has 49 heavy (non-hydrogen) atoms. The van der Waals surface area contributed by atoms with Gasteiger partial charge in [-0.15, -0.1) is 0 Å². The number of alkyl halides is 6. The molecule has 250 valence electrons. The molecule has 0 atom stereocenters. The second-order valence-corrected chi connectivity index (χ2v) is 12.7. The van der Waals surface area contributed by atoms with Crippen molar-refractivity contribution >= 4 is 54.6 Å². The van der Waals surface area contributed by atoms with Crippen LogP contribution in [0.4, 0.5) is 49.1 Å². The number of rotatable bonds is 7. The van der Waals surface area contributed by atoms with Crippen molar-refractivity contribution in [2.75, 3.05) is 10.6 Å². The topological polar surface area (TPSA) is 24.1 Å². The number of hydrogen-bond acceptors (Lipinski definition) is 2. The number of hydrogen-bond donors (Lipinski definition) is 2. The Balaban J connectivity index is 0.000000193. The van der Waals surface area contributed by atoms with E-state index >= 15 is 0 Å². The maximum Gasteiger partial charge on any atom is 0.411 e. The van der Waals surface area contributed by atoms with Crippen molar-refractivity contribution in [3.05, 3.63) is 178 Å². The fourth-order valence-corrected chi connectivity index (χ4v) is 5.78. The molecule has 6 aromatic rings. The maximum atomic E-state index is 13.7. The first-order valence-corrected chi connectivity index (χ1v) is 16.5. The summed E-state index contributed by atoms with van der Waals surface area (Å²) in [6.45, 7) is 0. The van der Waals surface area contributed by atoms with Crippen molar-refractivity contribution in [3.8, 4) is 11.1 Å². The second kappa shape index (κ2) is 15.3. The summed E-state index contributed by atoms with van der Waals surface area (Å²) in [6.07, 6.45) is -11.1. The van der Waals surface area contributed by atoms with E-state index in [1.165, 1.54) is 11.1 Å². The van der Waals surface area contributed by atoms with Crippen LogP contribution >= 0.6 is 31.9 Å². The average molecular weight is 798 g/mol. The van der Waals surface area contributed by atoms with Gasteiger partial charge in [0.1, 0.15) is 0 Å². The Bertz CT molecular complexity index is 1770. The number of nitrogens with one attached hydrogen (secondary N) is 2. The predicted molar refractivity (Wildman–Crippen MR) is 193 cm³/mol.